The second-order valence-electron chi connectivity index (χ2n) is 4.77. The Kier molecular flexibility index (Phi) is 2.11. The number of tetrazole rings is 1. The molecule has 0 spiro atoms. The quantitative estimate of drug-likeness (QED) is 0.743. The van der Waals surface area contributed by atoms with Gasteiger partial charge in [-0.15, -0.1) is 0 Å². The molecule has 82 valence electrons. The second kappa shape index (κ2) is 3.47. The molecule has 15 heavy (non-hydrogen) atoms. The lowest BCUT2D eigenvalue weighted by molar-refractivity contribution is 0.257. The first-order valence-electron chi connectivity index (χ1n) is 5.87. The predicted octanol–water partition coefficient (Wildman–Crippen LogP) is 0.965. The van der Waals surface area contributed by atoms with Crippen molar-refractivity contribution < 1.29 is 0 Å². The Bertz CT molecular complexity index is 400. The third kappa shape index (κ3) is 1.50. The van der Waals surface area contributed by atoms with Crippen molar-refractivity contribution in [2.45, 2.75) is 51.1 Å². The van der Waals surface area contributed by atoms with Gasteiger partial charge in [-0.2, -0.15) is 9.36 Å². The molecule has 0 atom stereocenters. The topological polar surface area (TPSA) is 52.7 Å². The Hall–Kier alpha value is -1.13. The fourth-order valence-corrected chi connectivity index (χ4v) is 2.18. The maximum atomic E-state index is 11.9. The van der Waals surface area contributed by atoms with Crippen LogP contribution in [0.5, 0.6) is 0 Å². The van der Waals surface area contributed by atoms with Crippen LogP contribution < -0.4 is 5.69 Å². The molecule has 0 amide bonds. The highest BCUT2D eigenvalue weighted by Gasteiger charge is 2.25. The van der Waals surface area contributed by atoms with Gasteiger partial charge in [-0.25, -0.2) is 4.79 Å². The van der Waals surface area contributed by atoms with Gasteiger partial charge in [0.1, 0.15) is 0 Å². The van der Waals surface area contributed by atoms with Gasteiger partial charge in [0.05, 0.1) is 12.6 Å². The lowest BCUT2D eigenvalue weighted by Crippen LogP contribution is -2.33. The predicted molar refractivity (Wildman–Crippen MR) is 54.5 cm³/mol. The van der Waals surface area contributed by atoms with Gasteiger partial charge in [-0.1, -0.05) is 6.42 Å². The lowest BCUT2D eigenvalue weighted by Gasteiger charge is -2.25. The summed E-state index contributed by atoms with van der Waals surface area (Å²) < 4.78 is 3.12. The molecule has 0 aromatic carbocycles. The first kappa shape index (κ1) is 9.12. The van der Waals surface area contributed by atoms with Crippen molar-refractivity contribution in [2.24, 2.45) is 5.92 Å². The Labute approximate surface area is 88.1 Å². The summed E-state index contributed by atoms with van der Waals surface area (Å²) in [5.74, 6) is 0.661. The molecule has 2 aliphatic carbocycles. The number of hydrogen-bond donors (Lipinski definition) is 0. The highest BCUT2D eigenvalue weighted by Crippen LogP contribution is 2.29. The van der Waals surface area contributed by atoms with E-state index in [1.807, 2.05) is 0 Å². The maximum absolute atomic E-state index is 11.9. The summed E-state index contributed by atoms with van der Waals surface area (Å²) in [7, 11) is 0. The van der Waals surface area contributed by atoms with Crippen molar-refractivity contribution in [1.29, 1.82) is 0 Å². The molecule has 0 bridgehead atoms. The molecular formula is C10H16N4O. The molecule has 5 heteroatoms. The summed E-state index contributed by atoms with van der Waals surface area (Å²) in [6.45, 7) is 0.769. The minimum absolute atomic E-state index is 0.00778. The van der Waals surface area contributed by atoms with Crippen LogP contribution in [-0.4, -0.2) is 19.8 Å². The highest BCUT2D eigenvalue weighted by molar-refractivity contribution is 4.77. The zero-order valence-corrected chi connectivity index (χ0v) is 8.80. The largest absolute Gasteiger partial charge is 0.363 e. The molecule has 0 aliphatic heterocycles. The molecule has 0 unspecified atom stereocenters. The summed E-state index contributed by atoms with van der Waals surface area (Å²) in [6.07, 6.45) is 7.16. The van der Waals surface area contributed by atoms with Gasteiger partial charge in [0.15, 0.2) is 0 Å². The van der Waals surface area contributed by atoms with E-state index in [1.165, 1.54) is 25.7 Å². The van der Waals surface area contributed by atoms with E-state index in [-0.39, 0.29) is 5.69 Å². The van der Waals surface area contributed by atoms with Gasteiger partial charge in [0.25, 0.3) is 0 Å². The average molecular weight is 208 g/mol. The summed E-state index contributed by atoms with van der Waals surface area (Å²) in [6, 6.07) is 0.327. The number of nitrogens with zero attached hydrogens (tertiary/aromatic N) is 4. The first-order chi connectivity index (χ1) is 7.34. The van der Waals surface area contributed by atoms with Crippen LogP contribution in [0.2, 0.25) is 0 Å². The van der Waals surface area contributed by atoms with Crippen LogP contribution >= 0.6 is 0 Å². The van der Waals surface area contributed by atoms with E-state index in [4.69, 9.17) is 0 Å². The normalized spacial score (nSPS) is 22.4. The van der Waals surface area contributed by atoms with Gasteiger partial charge in [0.2, 0.25) is 0 Å². The lowest BCUT2D eigenvalue weighted by atomic mass is 9.85. The highest BCUT2D eigenvalue weighted by atomic mass is 16.2. The van der Waals surface area contributed by atoms with E-state index < -0.39 is 0 Å². The van der Waals surface area contributed by atoms with Crippen molar-refractivity contribution in [3.63, 3.8) is 0 Å². The average Bonchev–Trinajstić information content (AvgIpc) is 2.40. The van der Waals surface area contributed by atoms with Crippen LogP contribution in [0.25, 0.3) is 0 Å². The maximum Gasteiger partial charge on any atom is 0.363 e. The fraction of sp³-hybridized carbons (Fsp3) is 0.900. The summed E-state index contributed by atoms with van der Waals surface area (Å²) in [5, 5.41) is 7.92. The van der Waals surface area contributed by atoms with Crippen LogP contribution in [0.1, 0.15) is 44.6 Å². The van der Waals surface area contributed by atoms with E-state index >= 15 is 0 Å². The van der Waals surface area contributed by atoms with Crippen molar-refractivity contribution in [3.05, 3.63) is 10.5 Å². The van der Waals surface area contributed by atoms with Crippen molar-refractivity contribution >= 4 is 0 Å². The molecule has 2 aliphatic rings. The molecule has 5 nitrogen and oxygen atoms in total. The molecule has 0 N–H and O–H groups in total. The zero-order valence-electron chi connectivity index (χ0n) is 8.80. The van der Waals surface area contributed by atoms with Crippen molar-refractivity contribution in [1.82, 2.24) is 19.8 Å². The SMILES string of the molecule is O=c1n(CC2CCC2)nnn1C1CCC1. The fourth-order valence-electron chi connectivity index (χ4n) is 2.18. The van der Waals surface area contributed by atoms with Gasteiger partial charge in [-0.3, -0.25) is 0 Å². The van der Waals surface area contributed by atoms with Crippen LogP contribution in [0, 0.1) is 5.92 Å². The monoisotopic (exact) mass is 208 g/mol. The summed E-state index contributed by atoms with van der Waals surface area (Å²) >= 11 is 0. The van der Waals surface area contributed by atoms with Crippen molar-refractivity contribution in [2.75, 3.05) is 0 Å². The first-order valence-corrected chi connectivity index (χ1v) is 5.87. The molecule has 1 aromatic rings. The van der Waals surface area contributed by atoms with Crippen LogP contribution in [-0.2, 0) is 6.54 Å². The van der Waals surface area contributed by atoms with Gasteiger partial charge in [-0.05, 0) is 48.4 Å². The summed E-state index contributed by atoms with van der Waals surface area (Å²) in [4.78, 5) is 11.9. The van der Waals surface area contributed by atoms with E-state index in [1.54, 1.807) is 9.36 Å². The molecule has 1 aromatic heterocycles. The van der Waals surface area contributed by atoms with Crippen LogP contribution in [0.15, 0.2) is 4.79 Å². The molecule has 3 rings (SSSR count). The Morgan fingerprint density at radius 1 is 1.13 bits per heavy atom. The standard InChI is InChI=1S/C10H16N4O/c15-10-13(7-8-3-1-4-8)11-12-14(10)9-5-2-6-9/h8-9H,1-7H2. The Morgan fingerprint density at radius 2 is 1.87 bits per heavy atom. The number of rotatable bonds is 3. The molecule has 2 saturated carbocycles. The number of aromatic nitrogens is 4. The van der Waals surface area contributed by atoms with Gasteiger partial charge >= 0.3 is 5.69 Å². The Balaban J connectivity index is 1.77. The molecule has 1 heterocycles. The van der Waals surface area contributed by atoms with E-state index in [9.17, 15) is 4.79 Å². The van der Waals surface area contributed by atoms with E-state index in [0.29, 0.717) is 12.0 Å². The van der Waals surface area contributed by atoms with Crippen LogP contribution in [0.4, 0.5) is 0 Å². The second-order valence-corrected chi connectivity index (χ2v) is 4.77. The molecule has 2 fully saturated rings. The van der Waals surface area contributed by atoms with E-state index in [2.05, 4.69) is 10.4 Å². The van der Waals surface area contributed by atoms with Gasteiger partial charge < -0.3 is 0 Å². The molecule has 0 radical (unpaired) electrons. The minimum Gasteiger partial charge on any atom is -0.244 e. The van der Waals surface area contributed by atoms with Gasteiger partial charge in [0, 0.05) is 0 Å². The third-order valence-electron chi connectivity index (χ3n) is 3.74. The zero-order chi connectivity index (χ0) is 10.3. The van der Waals surface area contributed by atoms with Crippen molar-refractivity contribution in [3.8, 4) is 0 Å². The Morgan fingerprint density at radius 3 is 2.40 bits per heavy atom. The molecular weight excluding hydrogens is 192 g/mol. The number of hydrogen-bond acceptors (Lipinski definition) is 3. The third-order valence-corrected chi connectivity index (χ3v) is 3.74. The minimum atomic E-state index is -0.00778. The van der Waals surface area contributed by atoms with E-state index in [0.717, 1.165) is 19.4 Å². The smallest absolute Gasteiger partial charge is 0.244 e. The molecule has 0 saturated heterocycles. The van der Waals surface area contributed by atoms with Crippen LogP contribution in [0.3, 0.4) is 0 Å². The summed E-state index contributed by atoms with van der Waals surface area (Å²) in [5.41, 5.74) is -0.00778.